The monoisotopic (exact) mass is 556 g/mol. The van der Waals surface area contributed by atoms with Crippen molar-refractivity contribution < 1.29 is 28.6 Å². The van der Waals surface area contributed by atoms with Gasteiger partial charge in [-0.15, -0.1) is 0 Å². The number of hydrogen-bond acceptors (Lipinski definition) is 6. The standard InChI is InChI=1S/C23H16Cl4N2O6/c24-13-5-7-19(16(26)9-13)33-11-21(30)28-29-23(32)15-3-1-2-4-18(15)35-22(31)12-34-20-8-6-14(25)10-17(20)27/h1-10H,11-12H2,(H,28,30)(H,29,32). The van der Waals surface area contributed by atoms with E-state index < -0.39 is 31.0 Å². The molecule has 0 spiro atoms. The number of ether oxygens (including phenoxy) is 3. The van der Waals surface area contributed by atoms with Crippen LogP contribution in [0.4, 0.5) is 0 Å². The second kappa shape index (κ2) is 12.5. The summed E-state index contributed by atoms with van der Waals surface area (Å²) in [4.78, 5) is 36.8. The van der Waals surface area contributed by atoms with Gasteiger partial charge >= 0.3 is 5.97 Å². The van der Waals surface area contributed by atoms with Gasteiger partial charge < -0.3 is 14.2 Å². The third kappa shape index (κ3) is 7.93. The third-order valence-electron chi connectivity index (χ3n) is 4.16. The minimum absolute atomic E-state index is 0.00709. The Kier molecular flexibility index (Phi) is 9.45. The van der Waals surface area contributed by atoms with Crippen molar-refractivity contribution in [3.05, 3.63) is 86.3 Å². The van der Waals surface area contributed by atoms with Gasteiger partial charge in [0.2, 0.25) is 0 Å². The summed E-state index contributed by atoms with van der Waals surface area (Å²) in [7, 11) is 0. The molecule has 0 unspecified atom stereocenters. The van der Waals surface area contributed by atoms with E-state index in [9.17, 15) is 14.4 Å². The van der Waals surface area contributed by atoms with Crippen LogP contribution in [0.25, 0.3) is 0 Å². The molecule has 0 bridgehead atoms. The number of carbonyl (C=O) groups excluding carboxylic acids is 3. The average Bonchev–Trinajstić information content (AvgIpc) is 2.81. The molecule has 0 radical (unpaired) electrons. The molecular weight excluding hydrogens is 542 g/mol. The van der Waals surface area contributed by atoms with Gasteiger partial charge in [0.05, 0.1) is 15.6 Å². The van der Waals surface area contributed by atoms with Crippen LogP contribution >= 0.6 is 46.4 Å². The van der Waals surface area contributed by atoms with E-state index in [1.165, 1.54) is 36.4 Å². The predicted octanol–water partition coefficient (Wildman–Crippen LogP) is 5.12. The maximum atomic E-state index is 12.5. The van der Waals surface area contributed by atoms with Gasteiger partial charge in [-0.2, -0.15) is 0 Å². The molecule has 0 aliphatic rings. The number of hydrogen-bond donors (Lipinski definition) is 2. The van der Waals surface area contributed by atoms with E-state index in [2.05, 4.69) is 10.9 Å². The molecule has 2 N–H and O–H groups in total. The van der Waals surface area contributed by atoms with Gasteiger partial charge in [0, 0.05) is 10.0 Å². The van der Waals surface area contributed by atoms with Crippen molar-refractivity contribution in [2.45, 2.75) is 0 Å². The summed E-state index contributed by atoms with van der Waals surface area (Å²) in [6.45, 7) is -0.901. The van der Waals surface area contributed by atoms with E-state index in [0.29, 0.717) is 10.0 Å². The normalized spacial score (nSPS) is 10.3. The smallest absolute Gasteiger partial charge is 0.349 e. The van der Waals surface area contributed by atoms with Gasteiger partial charge in [0.1, 0.15) is 17.2 Å². The molecule has 0 aromatic heterocycles. The highest BCUT2D eigenvalue weighted by molar-refractivity contribution is 6.36. The summed E-state index contributed by atoms with van der Waals surface area (Å²) < 4.78 is 15.9. The molecule has 8 nitrogen and oxygen atoms in total. The molecule has 0 aliphatic heterocycles. The van der Waals surface area contributed by atoms with E-state index in [4.69, 9.17) is 60.6 Å². The molecular formula is C23H16Cl4N2O6. The number of amides is 2. The lowest BCUT2D eigenvalue weighted by atomic mass is 10.2. The molecule has 2 amide bonds. The zero-order chi connectivity index (χ0) is 25.4. The summed E-state index contributed by atoms with van der Waals surface area (Å²) in [6, 6.07) is 15.0. The number of nitrogens with one attached hydrogen (secondary N) is 2. The number of rotatable bonds is 8. The molecule has 0 aliphatic carbocycles. The number of carbonyl (C=O) groups is 3. The van der Waals surface area contributed by atoms with E-state index in [-0.39, 0.29) is 32.9 Å². The Balaban J connectivity index is 1.52. The van der Waals surface area contributed by atoms with Crippen LogP contribution in [-0.2, 0) is 9.59 Å². The van der Waals surface area contributed by atoms with Crippen molar-refractivity contribution in [1.29, 1.82) is 0 Å². The van der Waals surface area contributed by atoms with Gasteiger partial charge in [-0.25, -0.2) is 4.79 Å². The second-order valence-corrected chi connectivity index (χ2v) is 8.39. The highest BCUT2D eigenvalue weighted by atomic mass is 35.5. The molecule has 0 fully saturated rings. The largest absolute Gasteiger partial charge is 0.482 e. The van der Waals surface area contributed by atoms with Crippen LogP contribution in [0.5, 0.6) is 17.2 Å². The lowest BCUT2D eigenvalue weighted by Gasteiger charge is -2.12. The Morgan fingerprint density at radius 3 is 1.86 bits per heavy atom. The van der Waals surface area contributed by atoms with Crippen molar-refractivity contribution in [2.24, 2.45) is 0 Å². The second-order valence-electron chi connectivity index (χ2n) is 6.70. The summed E-state index contributed by atoms with van der Waals surface area (Å²) in [5.74, 6) is -1.73. The van der Waals surface area contributed by atoms with E-state index >= 15 is 0 Å². The quantitative estimate of drug-likeness (QED) is 0.226. The number of hydrazine groups is 1. The van der Waals surface area contributed by atoms with E-state index in [1.807, 2.05) is 0 Å². The SMILES string of the molecule is O=C(COc1ccc(Cl)cc1Cl)NNC(=O)c1ccccc1OC(=O)COc1ccc(Cl)cc1Cl. The maximum absolute atomic E-state index is 12.5. The van der Waals surface area contributed by atoms with Gasteiger partial charge in [-0.3, -0.25) is 20.4 Å². The summed E-state index contributed by atoms with van der Waals surface area (Å²) in [6.07, 6.45) is 0. The molecule has 35 heavy (non-hydrogen) atoms. The van der Waals surface area contributed by atoms with Crippen LogP contribution in [0.15, 0.2) is 60.7 Å². The van der Waals surface area contributed by atoms with Gasteiger partial charge in [-0.1, -0.05) is 58.5 Å². The fourth-order valence-electron chi connectivity index (χ4n) is 2.59. The molecule has 0 saturated carbocycles. The Bertz CT molecular complexity index is 1250. The van der Waals surface area contributed by atoms with Crippen LogP contribution in [0.1, 0.15) is 10.4 Å². The molecule has 12 heteroatoms. The first-order valence-electron chi connectivity index (χ1n) is 9.77. The molecule has 182 valence electrons. The summed E-state index contributed by atoms with van der Waals surface area (Å²) in [5.41, 5.74) is 4.41. The minimum Gasteiger partial charge on any atom is -0.482 e. The lowest BCUT2D eigenvalue weighted by molar-refractivity contribution is -0.136. The first-order valence-corrected chi connectivity index (χ1v) is 11.3. The molecule has 3 aromatic rings. The third-order valence-corrected chi connectivity index (χ3v) is 5.22. The molecule has 3 rings (SSSR count). The highest BCUT2D eigenvalue weighted by Crippen LogP contribution is 2.28. The van der Waals surface area contributed by atoms with Crippen LogP contribution in [0, 0.1) is 0 Å². The number of halogens is 4. The fraction of sp³-hybridized carbons (Fsp3) is 0.0870. The summed E-state index contributed by atoms with van der Waals surface area (Å²) in [5, 5.41) is 1.28. The zero-order valence-corrected chi connectivity index (χ0v) is 20.7. The van der Waals surface area contributed by atoms with Crippen molar-refractivity contribution in [3.63, 3.8) is 0 Å². The number of esters is 1. The fourth-order valence-corrected chi connectivity index (χ4v) is 3.52. The molecule has 3 aromatic carbocycles. The maximum Gasteiger partial charge on any atom is 0.349 e. The van der Waals surface area contributed by atoms with Crippen LogP contribution in [0.3, 0.4) is 0 Å². The molecule has 0 heterocycles. The van der Waals surface area contributed by atoms with Gasteiger partial charge in [0.15, 0.2) is 13.2 Å². The van der Waals surface area contributed by atoms with Crippen LogP contribution < -0.4 is 25.1 Å². The zero-order valence-electron chi connectivity index (χ0n) is 17.6. The van der Waals surface area contributed by atoms with E-state index in [1.54, 1.807) is 24.3 Å². The number of para-hydroxylation sites is 1. The first-order chi connectivity index (χ1) is 16.7. The van der Waals surface area contributed by atoms with Crippen molar-refractivity contribution >= 4 is 64.2 Å². The summed E-state index contributed by atoms with van der Waals surface area (Å²) >= 11 is 23.6. The molecule has 0 atom stereocenters. The Morgan fingerprint density at radius 2 is 1.26 bits per heavy atom. The predicted molar refractivity (Wildman–Crippen MR) is 132 cm³/mol. The highest BCUT2D eigenvalue weighted by Gasteiger charge is 2.17. The molecule has 0 saturated heterocycles. The lowest BCUT2D eigenvalue weighted by Crippen LogP contribution is -2.44. The number of benzene rings is 3. The van der Waals surface area contributed by atoms with E-state index in [0.717, 1.165) is 0 Å². The van der Waals surface area contributed by atoms with Crippen molar-refractivity contribution in [3.8, 4) is 17.2 Å². The average molecular weight is 558 g/mol. The van der Waals surface area contributed by atoms with Crippen molar-refractivity contribution in [2.75, 3.05) is 13.2 Å². The minimum atomic E-state index is -0.784. The van der Waals surface area contributed by atoms with Crippen LogP contribution in [-0.4, -0.2) is 31.0 Å². The Labute approximate surface area is 219 Å². The Hall–Kier alpha value is -3.17. The van der Waals surface area contributed by atoms with Crippen LogP contribution in [0.2, 0.25) is 20.1 Å². The van der Waals surface area contributed by atoms with Crippen molar-refractivity contribution in [1.82, 2.24) is 10.9 Å². The Morgan fingerprint density at radius 1 is 0.686 bits per heavy atom. The topological polar surface area (TPSA) is 103 Å². The first kappa shape index (κ1) is 26.4. The van der Waals surface area contributed by atoms with Gasteiger partial charge in [-0.05, 0) is 48.5 Å². The van der Waals surface area contributed by atoms with Gasteiger partial charge in [0.25, 0.3) is 11.8 Å².